The maximum Gasteiger partial charge on any atom is 0.319 e. The summed E-state index contributed by atoms with van der Waals surface area (Å²) >= 11 is 0. The molecule has 0 spiro atoms. The zero-order chi connectivity index (χ0) is 31.4. The normalized spacial score (nSPS) is 26.8. The van der Waals surface area contributed by atoms with Gasteiger partial charge in [0.2, 0.25) is 5.88 Å². The quantitative estimate of drug-likeness (QED) is 0.368. The number of hydrogen-bond acceptors (Lipinski definition) is 10. The number of fused-ring (bicyclic) bond motifs is 4. The second-order valence-corrected chi connectivity index (χ2v) is 13.6. The van der Waals surface area contributed by atoms with Crippen LogP contribution in [0, 0.1) is 5.82 Å². The molecule has 5 aliphatic rings. The predicted octanol–water partition coefficient (Wildman–Crippen LogP) is 5.15. The molecule has 4 aliphatic heterocycles. The van der Waals surface area contributed by atoms with Gasteiger partial charge in [-0.2, -0.15) is 9.97 Å². The lowest BCUT2D eigenvalue weighted by Gasteiger charge is -2.31. The summed E-state index contributed by atoms with van der Waals surface area (Å²) in [6, 6.07) is 3.47. The van der Waals surface area contributed by atoms with Crippen molar-refractivity contribution in [1.82, 2.24) is 19.9 Å². The number of aromatic nitrogens is 3. The van der Waals surface area contributed by atoms with Gasteiger partial charge in [0.15, 0.2) is 5.82 Å². The summed E-state index contributed by atoms with van der Waals surface area (Å²) < 4.78 is 41.1. The van der Waals surface area contributed by atoms with E-state index in [-0.39, 0.29) is 40.5 Å². The molecule has 1 aromatic carbocycles. The second-order valence-electron chi connectivity index (χ2n) is 13.6. The van der Waals surface area contributed by atoms with E-state index in [9.17, 15) is 5.11 Å². The molecule has 1 N–H and O–H groups in total. The van der Waals surface area contributed by atoms with E-state index in [1.807, 2.05) is 0 Å². The molecule has 8 rings (SSSR count). The lowest BCUT2D eigenvalue weighted by Crippen LogP contribution is -2.43. The second kappa shape index (κ2) is 11.9. The van der Waals surface area contributed by atoms with Gasteiger partial charge in [0.1, 0.15) is 41.4 Å². The molecule has 0 unspecified atom stereocenters. The lowest BCUT2D eigenvalue weighted by atomic mass is 9.80. The van der Waals surface area contributed by atoms with Crippen molar-refractivity contribution in [2.24, 2.45) is 0 Å². The topological polar surface area (TPSA) is 102 Å². The van der Waals surface area contributed by atoms with E-state index < -0.39 is 5.82 Å². The molecule has 0 bridgehead atoms. The van der Waals surface area contributed by atoms with Crippen LogP contribution >= 0.6 is 0 Å². The Morgan fingerprint density at radius 2 is 2.07 bits per heavy atom. The van der Waals surface area contributed by atoms with Crippen molar-refractivity contribution < 1.29 is 28.4 Å². The van der Waals surface area contributed by atoms with E-state index in [1.54, 1.807) is 19.2 Å². The summed E-state index contributed by atoms with van der Waals surface area (Å²) in [5.41, 5.74) is 4.13. The Labute approximate surface area is 268 Å². The molecule has 2 aromatic heterocycles. The third-order valence-electron chi connectivity index (χ3n) is 10.6. The molecule has 0 saturated carbocycles. The van der Waals surface area contributed by atoms with E-state index in [0.717, 1.165) is 69.2 Å². The number of nitrogens with zero attached hydrogens (tertiary/aromatic N) is 5. The highest BCUT2D eigenvalue weighted by Gasteiger charge is 2.47. The Balaban J connectivity index is 1.25. The van der Waals surface area contributed by atoms with Gasteiger partial charge in [-0.15, -0.1) is 0 Å². The Morgan fingerprint density at radius 1 is 1.15 bits per heavy atom. The fourth-order valence-corrected chi connectivity index (χ4v) is 8.42. The number of methoxy groups -OCH3 is 1. The Bertz CT molecular complexity index is 1700. The molecule has 1 aliphatic carbocycles. The Hall–Kier alpha value is -3.54. The highest BCUT2D eigenvalue weighted by molar-refractivity contribution is 5.97. The maximum absolute atomic E-state index is 17.0. The van der Waals surface area contributed by atoms with Crippen molar-refractivity contribution in [1.29, 1.82) is 0 Å². The van der Waals surface area contributed by atoms with Crippen LogP contribution in [0.3, 0.4) is 0 Å². The van der Waals surface area contributed by atoms with Gasteiger partial charge in [-0.3, -0.25) is 4.90 Å². The van der Waals surface area contributed by atoms with Crippen LogP contribution in [0.4, 0.5) is 10.2 Å². The first-order valence-corrected chi connectivity index (χ1v) is 16.7. The number of phenolic OH excluding ortho intramolecular Hbond substituents is 1. The monoisotopic (exact) mass is 631 g/mol. The number of benzene rings is 1. The van der Waals surface area contributed by atoms with Gasteiger partial charge in [0.05, 0.1) is 24.8 Å². The molecule has 3 fully saturated rings. The van der Waals surface area contributed by atoms with E-state index >= 15 is 4.39 Å². The van der Waals surface area contributed by atoms with Gasteiger partial charge in [-0.05, 0) is 80.7 Å². The first-order chi connectivity index (χ1) is 22.4. The molecule has 10 nitrogen and oxygen atoms in total. The first-order valence-electron chi connectivity index (χ1n) is 16.7. The van der Waals surface area contributed by atoms with Crippen molar-refractivity contribution in [3.05, 3.63) is 40.7 Å². The number of aryl methyl sites for hydroxylation is 1. The van der Waals surface area contributed by atoms with Crippen molar-refractivity contribution in [2.45, 2.75) is 69.4 Å². The van der Waals surface area contributed by atoms with Crippen LogP contribution in [0.15, 0.2) is 23.8 Å². The maximum atomic E-state index is 17.0. The van der Waals surface area contributed by atoms with Crippen LogP contribution < -0.4 is 14.4 Å². The molecule has 3 atom stereocenters. The average molecular weight is 632 g/mol. The van der Waals surface area contributed by atoms with E-state index in [4.69, 9.17) is 33.9 Å². The van der Waals surface area contributed by atoms with Gasteiger partial charge >= 0.3 is 6.01 Å². The number of pyridine rings is 1. The molecule has 0 radical (unpaired) electrons. The molecule has 46 heavy (non-hydrogen) atoms. The highest BCUT2D eigenvalue weighted by atomic mass is 19.1. The zero-order valence-corrected chi connectivity index (χ0v) is 26.7. The number of halogens is 1. The van der Waals surface area contributed by atoms with Gasteiger partial charge in [0, 0.05) is 32.4 Å². The van der Waals surface area contributed by atoms with E-state index in [0.29, 0.717) is 62.2 Å². The standard InChI is InChI=1S/C35H42FN5O5/c1-21-6-3-7-23-14-25(42)15-26(27(21)23)30-29(36)31-28-32(41-11-5-12-44-18-24(41)19-45-33(28)37-30)39-34(38-31)46-20-35-9-4-10-40(35)17-22(16-35)8-13-43-2/h8,14-15,21,24,42H,3-7,9-13,16-20H2,1-2H3/b22-8-/t21-,24+,35+/m1/s1. The molecule has 244 valence electrons. The minimum atomic E-state index is -0.558. The van der Waals surface area contributed by atoms with Crippen LogP contribution in [0.2, 0.25) is 0 Å². The van der Waals surface area contributed by atoms with Crippen molar-refractivity contribution in [3.63, 3.8) is 0 Å². The molecular weight excluding hydrogens is 589 g/mol. The van der Waals surface area contributed by atoms with Gasteiger partial charge in [0.25, 0.3) is 0 Å². The van der Waals surface area contributed by atoms with Gasteiger partial charge in [-0.1, -0.05) is 18.6 Å². The smallest absolute Gasteiger partial charge is 0.319 e. The minimum Gasteiger partial charge on any atom is -0.508 e. The number of aromatic hydroxyl groups is 1. The molecule has 3 aromatic rings. The average Bonchev–Trinajstić information content (AvgIpc) is 3.43. The van der Waals surface area contributed by atoms with Crippen molar-refractivity contribution >= 4 is 16.7 Å². The molecule has 6 heterocycles. The number of anilines is 1. The molecule has 11 heteroatoms. The lowest BCUT2D eigenvalue weighted by molar-refractivity contribution is 0.108. The summed E-state index contributed by atoms with van der Waals surface area (Å²) in [6.07, 6.45) is 8.87. The number of hydrogen-bond donors (Lipinski definition) is 1. The van der Waals surface area contributed by atoms with Crippen LogP contribution in [-0.2, 0) is 15.9 Å². The fraction of sp³-hybridized carbons (Fsp3) is 0.571. The van der Waals surface area contributed by atoms with Crippen molar-refractivity contribution in [3.8, 4) is 28.9 Å². The number of ether oxygens (including phenoxy) is 4. The predicted molar refractivity (Wildman–Crippen MR) is 171 cm³/mol. The summed E-state index contributed by atoms with van der Waals surface area (Å²) in [4.78, 5) is 19.2. The highest BCUT2D eigenvalue weighted by Crippen LogP contribution is 2.46. The third kappa shape index (κ3) is 5.07. The molecule has 0 amide bonds. The largest absolute Gasteiger partial charge is 0.508 e. The van der Waals surface area contributed by atoms with Crippen LogP contribution in [0.25, 0.3) is 22.2 Å². The minimum absolute atomic E-state index is 0.102. The first kappa shape index (κ1) is 29.8. The SMILES string of the molecule is COC/C=C1\CN2CCC[C@@]2(COc2nc3c4c(nc(-c5cc(O)cc6c5[C@H](C)CCC6)c(F)c4n2)OC[C@@H]2COCCCN32)C1. The summed E-state index contributed by atoms with van der Waals surface area (Å²) in [7, 11) is 1.71. The van der Waals surface area contributed by atoms with Crippen LogP contribution in [0.1, 0.15) is 62.5 Å². The fourth-order valence-electron chi connectivity index (χ4n) is 8.42. The van der Waals surface area contributed by atoms with Crippen LogP contribution in [-0.4, -0.2) is 96.3 Å². The summed E-state index contributed by atoms with van der Waals surface area (Å²) in [5, 5.41) is 11.2. The number of phenols is 1. The van der Waals surface area contributed by atoms with Gasteiger partial charge in [-0.25, -0.2) is 9.37 Å². The number of rotatable bonds is 6. The van der Waals surface area contributed by atoms with E-state index in [2.05, 4.69) is 22.8 Å². The van der Waals surface area contributed by atoms with Gasteiger partial charge < -0.3 is 29.0 Å². The Kier molecular flexibility index (Phi) is 7.73. The summed E-state index contributed by atoms with van der Waals surface area (Å²) in [6.45, 7) is 7.20. The molecule has 3 saturated heterocycles. The van der Waals surface area contributed by atoms with Crippen molar-refractivity contribution in [2.75, 3.05) is 64.7 Å². The summed E-state index contributed by atoms with van der Waals surface area (Å²) in [5.74, 6) is 0.613. The third-order valence-corrected chi connectivity index (χ3v) is 10.6. The van der Waals surface area contributed by atoms with Crippen LogP contribution in [0.5, 0.6) is 17.6 Å². The Morgan fingerprint density at radius 3 is 2.96 bits per heavy atom. The van der Waals surface area contributed by atoms with E-state index in [1.165, 1.54) is 5.57 Å². The molecular formula is C35H42FN5O5. The zero-order valence-electron chi connectivity index (χ0n) is 26.7.